The number of rotatable bonds is 19. The van der Waals surface area contributed by atoms with E-state index < -0.39 is 6.29 Å². The summed E-state index contributed by atoms with van der Waals surface area (Å²) in [6, 6.07) is -0.313. The summed E-state index contributed by atoms with van der Waals surface area (Å²) in [5.74, 6) is 0. The molecule has 0 amide bonds. The first-order valence-electron chi connectivity index (χ1n) is 10.4. The van der Waals surface area contributed by atoms with E-state index in [1.807, 2.05) is 5.48 Å². The fourth-order valence-corrected chi connectivity index (χ4v) is 3.24. The van der Waals surface area contributed by atoms with E-state index in [2.05, 4.69) is 6.92 Å². The Morgan fingerprint density at radius 2 is 1.04 bits per heavy atom. The van der Waals surface area contributed by atoms with Crippen molar-refractivity contribution in [3.63, 3.8) is 0 Å². The molecule has 24 heavy (non-hydrogen) atoms. The molecule has 0 aliphatic rings. The zero-order valence-electron chi connectivity index (χ0n) is 16.0. The molecule has 0 aliphatic heterocycles. The molecule has 0 rings (SSSR count). The van der Waals surface area contributed by atoms with Gasteiger partial charge in [-0.15, -0.1) is 0 Å². The highest BCUT2D eigenvalue weighted by molar-refractivity contribution is 4.67. The molecule has 0 aromatic heterocycles. The monoisotopic (exact) mass is 344 g/mol. The first-order valence-corrected chi connectivity index (χ1v) is 10.4. The van der Waals surface area contributed by atoms with Gasteiger partial charge in [0.15, 0.2) is 6.29 Å². The van der Waals surface area contributed by atoms with Crippen molar-refractivity contribution in [3.8, 4) is 0 Å². The molecule has 0 aromatic rings. The van der Waals surface area contributed by atoms with Crippen LogP contribution in [0.1, 0.15) is 116 Å². The lowest BCUT2D eigenvalue weighted by Gasteiger charge is -2.22. The summed E-state index contributed by atoms with van der Waals surface area (Å²) >= 11 is 0. The molecule has 3 N–H and O–H groups in total. The SMILES string of the molecule is CCCCCCCCCCCCCCCCCC(CC(O)O)N[O-]. The number of hydrogen-bond acceptors (Lipinski definition) is 4. The highest BCUT2D eigenvalue weighted by atomic mass is 16.5. The summed E-state index contributed by atoms with van der Waals surface area (Å²) < 4.78 is 0. The zero-order chi connectivity index (χ0) is 17.9. The van der Waals surface area contributed by atoms with Gasteiger partial charge < -0.3 is 20.9 Å². The molecule has 0 heterocycles. The number of unbranched alkanes of at least 4 members (excludes halogenated alkanes) is 14. The van der Waals surface area contributed by atoms with Crippen molar-refractivity contribution in [1.29, 1.82) is 0 Å². The Balaban J connectivity index is 3.14. The van der Waals surface area contributed by atoms with Crippen LogP contribution in [0, 0.1) is 5.21 Å². The van der Waals surface area contributed by atoms with Crippen molar-refractivity contribution in [2.24, 2.45) is 0 Å². The highest BCUT2D eigenvalue weighted by Gasteiger charge is 2.07. The molecule has 1 atom stereocenters. The Morgan fingerprint density at radius 1 is 0.667 bits per heavy atom. The summed E-state index contributed by atoms with van der Waals surface area (Å²) in [5, 5.41) is 28.4. The molecular formula is C20H42NO3-. The summed E-state index contributed by atoms with van der Waals surface area (Å²) in [6.45, 7) is 2.27. The lowest BCUT2D eigenvalue weighted by atomic mass is 10.0. The number of aliphatic hydroxyl groups is 2. The van der Waals surface area contributed by atoms with Crippen LogP contribution in [-0.2, 0) is 0 Å². The lowest BCUT2D eigenvalue weighted by Crippen LogP contribution is -2.28. The van der Waals surface area contributed by atoms with Crippen LogP contribution in [0.4, 0.5) is 0 Å². The molecule has 146 valence electrons. The number of hydroxylamine groups is 1. The third kappa shape index (κ3) is 18.2. The molecule has 0 spiro atoms. The van der Waals surface area contributed by atoms with Crippen molar-refractivity contribution in [2.75, 3.05) is 0 Å². The van der Waals surface area contributed by atoms with Crippen LogP contribution in [0.3, 0.4) is 0 Å². The maximum absolute atomic E-state index is 10.7. The average molecular weight is 345 g/mol. The van der Waals surface area contributed by atoms with E-state index in [0.717, 1.165) is 19.3 Å². The van der Waals surface area contributed by atoms with E-state index in [9.17, 15) is 5.21 Å². The Labute approximate surface area is 150 Å². The first-order chi connectivity index (χ1) is 11.7. The number of hydrogen-bond donors (Lipinski definition) is 3. The van der Waals surface area contributed by atoms with Crippen LogP contribution >= 0.6 is 0 Å². The second-order valence-corrected chi connectivity index (χ2v) is 7.27. The highest BCUT2D eigenvalue weighted by Crippen LogP contribution is 2.14. The van der Waals surface area contributed by atoms with Gasteiger partial charge in [-0.25, -0.2) is 0 Å². The van der Waals surface area contributed by atoms with Gasteiger partial charge in [0.1, 0.15) is 0 Å². The van der Waals surface area contributed by atoms with Crippen LogP contribution in [0.25, 0.3) is 0 Å². The maximum Gasteiger partial charge on any atom is 0.152 e. The van der Waals surface area contributed by atoms with Crippen LogP contribution < -0.4 is 5.48 Å². The van der Waals surface area contributed by atoms with E-state index in [4.69, 9.17) is 10.2 Å². The third-order valence-corrected chi connectivity index (χ3v) is 4.82. The third-order valence-electron chi connectivity index (χ3n) is 4.82. The normalized spacial score (nSPS) is 12.9. The fourth-order valence-electron chi connectivity index (χ4n) is 3.24. The standard InChI is InChI=1S/C20H42NO3/c1-2-3-4-5-6-7-8-9-10-11-12-13-14-15-16-17-19(21-24)18-20(22)23/h19-23H,2-18H2,1H3/q-1. The topological polar surface area (TPSA) is 75.5 Å². The predicted molar refractivity (Wildman–Crippen MR) is 103 cm³/mol. The van der Waals surface area contributed by atoms with Gasteiger partial charge >= 0.3 is 0 Å². The Morgan fingerprint density at radius 3 is 1.38 bits per heavy atom. The van der Waals surface area contributed by atoms with Crippen molar-refractivity contribution >= 4 is 0 Å². The summed E-state index contributed by atoms with van der Waals surface area (Å²) in [5.41, 5.74) is 1.91. The van der Waals surface area contributed by atoms with E-state index >= 15 is 0 Å². The quantitative estimate of drug-likeness (QED) is 0.166. The smallest absolute Gasteiger partial charge is 0.152 e. The van der Waals surface area contributed by atoms with Gasteiger partial charge in [-0.2, -0.15) is 0 Å². The predicted octanol–water partition coefficient (Wildman–Crippen LogP) is 5.40. The Bertz CT molecular complexity index is 237. The summed E-state index contributed by atoms with van der Waals surface area (Å²) in [6.07, 6.45) is 19.4. The summed E-state index contributed by atoms with van der Waals surface area (Å²) in [7, 11) is 0. The minimum atomic E-state index is -1.38. The Kier molecular flexibility index (Phi) is 19.0. The average Bonchev–Trinajstić information content (AvgIpc) is 2.56. The molecule has 4 heteroatoms. The second-order valence-electron chi connectivity index (χ2n) is 7.27. The minimum absolute atomic E-state index is 0.127. The fraction of sp³-hybridized carbons (Fsp3) is 1.00. The molecule has 4 nitrogen and oxygen atoms in total. The molecule has 0 aliphatic carbocycles. The van der Waals surface area contributed by atoms with Crippen molar-refractivity contribution in [2.45, 2.75) is 128 Å². The van der Waals surface area contributed by atoms with Crippen LogP contribution in [0.5, 0.6) is 0 Å². The van der Waals surface area contributed by atoms with Gasteiger partial charge in [-0.3, -0.25) is 0 Å². The molecule has 0 aromatic carbocycles. The van der Waals surface area contributed by atoms with E-state index in [-0.39, 0.29) is 12.5 Å². The molecule has 0 fully saturated rings. The van der Waals surface area contributed by atoms with Crippen molar-refractivity contribution < 1.29 is 10.2 Å². The molecule has 0 radical (unpaired) electrons. The Hall–Kier alpha value is -0.160. The molecule has 0 saturated heterocycles. The molecule has 0 bridgehead atoms. The van der Waals surface area contributed by atoms with Crippen LogP contribution in [0.15, 0.2) is 0 Å². The number of aliphatic hydroxyl groups excluding tert-OH is 1. The van der Waals surface area contributed by atoms with Gasteiger partial charge in [-0.1, -0.05) is 103 Å². The van der Waals surface area contributed by atoms with Gasteiger partial charge in [0.2, 0.25) is 0 Å². The molecule has 1 unspecified atom stereocenters. The second kappa shape index (κ2) is 19.2. The van der Waals surface area contributed by atoms with E-state index in [1.54, 1.807) is 0 Å². The molecular weight excluding hydrogens is 302 g/mol. The molecule has 0 saturated carbocycles. The van der Waals surface area contributed by atoms with Crippen molar-refractivity contribution in [1.82, 2.24) is 5.48 Å². The van der Waals surface area contributed by atoms with Crippen molar-refractivity contribution in [3.05, 3.63) is 5.21 Å². The minimum Gasteiger partial charge on any atom is -0.788 e. The van der Waals surface area contributed by atoms with E-state index in [1.165, 1.54) is 83.5 Å². The van der Waals surface area contributed by atoms with Crippen LogP contribution in [-0.4, -0.2) is 22.5 Å². The maximum atomic E-state index is 10.7. The largest absolute Gasteiger partial charge is 0.788 e. The van der Waals surface area contributed by atoms with Gasteiger partial charge in [0.05, 0.1) is 0 Å². The lowest BCUT2D eigenvalue weighted by molar-refractivity contribution is -0.0513. The van der Waals surface area contributed by atoms with E-state index in [0.29, 0.717) is 0 Å². The van der Waals surface area contributed by atoms with Crippen LogP contribution in [0.2, 0.25) is 0 Å². The first kappa shape index (κ1) is 23.8. The number of nitrogens with one attached hydrogen (secondary N) is 1. The summed E-state index contributed by atoms with van der Waals surface area (Å²) in [4.78, 5) is 0. The van der Waals surface area contributed by atoms with Gasteiger partial charge in [-0.05, 0) is 12.5 Å². The van der Waals surface area contributed by atoms with Gasteiger partial charge in [0, 0.05) is 6.42 Å². The van der Waals surface area contributed by atoms with Gasteiger partial charge in [0.25, 0.3) is 0 Å². The zero-order valence-corrected chi connectivity index (χ0v) is 16.0.